The standard InChI is InChI=1S/C37H31N3O/c1-37(2,3)32-24-29(22-23-30(32)31-16-10-11-17-33(31)41)25-18-20-28(21-19-25)36-39-34(26-12-6-4-7-13-26)38-35(40-36)27-14-8-5-9-15-27/h4-24,41H,1-3H3. The molecule has 0 aliphatic heterocycles. The average molecular weight is 534 g/mol. The number of hydrogen-bond acceptors (Lipinski definition) is 4. The molecule has 0 fully saturated rings. The molecule has 0 spiro atoms. The molecule has 0 radical (unpaired) electrons. The Hall–Kier alpha value is -5.09. The fourth-order valence-corrected chi connectivity index (χ4v) is 5.03. The molecule has 6 rings (SSSR count). The van der Waals surface area contributed by atoms with Crippen molar-refractivity contribution >= 4 is 0 Å². The first-order chi connectivity index (χ1) is 19.9. The maximum Gasteiger partial charge on any atom is 0.164 e. The van der Waals surface area contributed by atoms with Crippen molar-refractivity contribution < 1.29 is 5.11 Å². The molecule has 1 heterocycles. The number of phenols is 1. The summed E-state index contributed by atoms with van der Waals surface area (Å²) in [5.74, 6) is 2.22. The summed E-state index contributed by atoms with van der Waals surface area (Å²) in [6, 6.07) is 42.4. The van der Waals surface area contributed by atoms with Gasteiger partial charge in [0.15, 0.2) is 17.5 Å². The second-order valence-corrected chi connectivity index (χ2v) is 11.1. The van der Waals surface area contributed by atoms with Crippen LogP contribution < -0.4 is 0 Å². The van der Waals surface area contributed by atoms with E-state index in [1.54, 1.807) is 6.07 Å². The van der Waals surface area contributed by atoms with Crippen molar-refractivity contribution in [1.29, 1.82) is 0 Å². The van der Waals surface area contributed by atoms with Crippen molar-refractivity contribution in [3.63, 3.8) is 0 Å². The van der Waals surface area contributed by atoms with Gasteiger partial charge in [-0.1, -0.05) is 142 Å². The molecule has 0 atom stereocenters. The molecule has 4 heteroatoms. The summed E-state index contributed by atoms with van der Waals surface area (Å²) in [7, 11) is 0. The molecule has 6 aromatic rings. The van der Waals surface area contributed by atoms with E-state index in [0.29, 0.717) is 17.5 Å². The zero-order valence-corrected chi connectivity index (χ0v) is 23.4. The van der Waals surface area contributed by atoms with Crippen LogP contribution >= 0.6 is 0 Å². The molecule has 1 N–H and O–H groups in total. The lowest BCUT2D eigenvalue weighted by Crippen LogP contribution is -2.13. The Kier molecular flexibility index (Phi) is 6.90. The summed E-state index contributed by atoms with van der Waals surface area (Å²) < 4.78 is 0. The summed E-state index contributed by atoms with van der Waals surface area (Å²) in [4.78, 5) is 14.5. The van der Waals surface area contributed by atoms with Crippen molar-refractivity contribution in [2.75, 3.05) is 0 Å². The Balaban J connectivity index is 1.40. The number of hydrogen-bond donors (Lipinski definition) is 1. The number of para-hydroxylation sites is 1. The highest BCUT2D eigenvalue weighted by Gasteiger charge is 2.21. The van der Waals surface area contributed by atoms with Crippen LogP contribution in [0, 0.1) is 0 Å². The van der Waals surface area contributed by atoms with Gasteiger partial charge in [0.2, 0.25) is 0 Å². The van der Waals surface area contributed by atoms with Crippen LogP contribution in [-0.2, 0) is 5.41 Å². The number of benzene rings is 5. The van der Waals surface area contributed by atoms with Crippen LogP contribution in [0.1, 0.15) is 26.3 Å². The van der Waals surface area contributed by atoms with E-state index in [2.05, 4.69) is 63.2 Å². The maximum absolute atomic E-state index is 10.5. The number of nitrogens with zero attached hydrogens (tertiary/aromatic N) is 3. The molecular weight excluding hydrogens is 502 g/mol. The molecule has 4 nitrogen and oxygen atoms in total. The Morgan fingerprint density at radius 1 is 0.439 bits per heavy atom. The average Bonchev–Trinajstić information content (AvgIpc) is 3.01. The highest BCUT2D eigenvalue weighted by Crippen LogP contribution is 2.39. The summed E-state index contributed by atoms with van der Waals surface area (Å²) in [5.41, 5.74) is 7.99. The Morgan fingerprint density at radius 3 is 1.39 bits per heavy atom. The fourth-order valence-electron chi connectivity index (χ4n) is 5.03. The zero-order valence-electron chi connectivity index (χ0n) is 23.4. The van der Waals surface area contributed by atoms with Gasteiger partial charge in [0.25, 0.3) is 0 Å². The van der Waals surface area contributed by atoms with E-state index >= 15 is 0 Å². The van der Waals surface area contributed by atoms with Crippen LogP contribution in [0.5, 0.6) is 5.75 Å². The molecule has 0 saturated heterocycles. The first kappa shape index (κ1) is 26.1. The lowest BCUT2D eigenvalue weighted by Gasteiger charge is -2.24. The lowest BCUT2D eigenvalue weighted by atomic mass is 9.80. The number of aromatic nitrogens is 3. The number of aromatic hydroxyl groups is 1. The van der Waals surface area contributed by atoms with E-state index in [1.807, 2.05) is 78.9 Å². The SMILES string of the molecule is CC(C)(C)c1cc(-c2ccc(-c3nc(-c4ccccc4)nc(-c4ccccc4)n3)cc2)ccc1-c1ccccc1O. The van der Waals surface area contributed by atoms with Gasteiger partial charge in [0.05, 0.1) is 0 Å². The summed E-state index contributed by atoms with van der Waals surface area (Å²) >= 11 is 0. The zero-order chi connectivity index (χ0) is 28.4. The minimum Gasteiger partial charge on any atom is -0.507 e. The van der Waals surface area contributed by atoms with Crippen LogP contribution in [0.15, 0.2) is 127 Å². The van der Waals surface area contributed by atoms with E-state index in [0.717, 1.165) is 38.9 Å². The number of rotatable bonds is 5. The van der Waals surface area contributed by atoms with Gasteiger partial charge >= 0.3 is 0 Å². The molecule has 200 valence electrons. The van der Waals surface area contributed by atoms with Gasteiger partial charge in [0.1, 0.15) is 5.75 Å². The third-order valence-corrected chi connectivity index (χ3v) is 7.20. The third-order valence-electron chi connectivity index (χ3n) is 7.20. The molecule has 0 amide bonds. The summed E-state index contributed by atoms with van der Waals surface area (Å²) in [5, 5.41) is 10.5. The van der Waals surface area contributed by atoms with Crippen molar-refractivity contribution in [2.24, 2.45) is 0 Å². The van der Waals surface area contributed by atoms with Crippen LogP contribution in [0.2, 0.25) is 0 Å². The second kappa shape index (κ2) is 10.8. The topological polar surface area (TPSA) is 58.9 Å². The van der Waals surface area contributed by atoms with E-state index in [-0.39, 0.29) is 11.2 Å². The van der Waals surface area contributed by atoms with Gasteiger partial charge in [-0.15, -0.1) is 0 Å². The normalized spacial score (nSPS) is 11.4. The van der Waals surface area contributed by atoms with Gasteiger partial charge in [0, 0.05) is 22.3 Å². The largest absolute Gasteiger partial charge is 0.507 e. The molecule has 1 aromatic heterocycles. The molecule has 0 unspecified atom stereocenters. The first-order valence-corrected chi connectivity index (χ1v) is 13.8. The van der Waals surface area contributed by atoms with E-state index in [9.17, 15) is 5.11 Å². The Bertz CT molecular complexity index is 1750. The van der Waals surface area contributed by atoms with Crippen LogP contribution in [0.4, 0.5) is 0 Å². The molecule has 5 aromatic carbocycles. The van der Waals surface area contributed by atoms with Crippen molar-refractivity contribution in [3.8, 4) is 62.2 Å². The van der Waals surface area contributed by atoms with E-state index < -0.39 is 0 Å². The predicted octanol–water partition coefficient (Wildman–Crippen LogP) is 9.21. The van der Waals surface area contributed by atoms with Crippen molar-refractivity contribution in [2.45, 2.75) is 26.2 Å². The molecule has 0 aliphatic rings. The Labute approximate surface area is 241 Å². The van der Waals surface area contributed by atoms with Crippen LogP contribution in [-0.4, -0.2) is 20.1 Å². The quantitative estimate of drug-likeness (QED) is 0.240. The first-order valence-electron chi connectivity index (χ1n) is 13.8. The predicted molar refractivity (Wildman–Crippen MR) is 167 cm³/mol. The van der Waals surface area contributed by atoms with E-state index in [1.165, 1.54) is 5.56 Å². The molecule has 41 heavy (non-hydrogen) atoms. The van der Waals surface area contributed by atoms with E-state index in [4.69, 9.17) is 15.0 Å². The van der Waals surface area contributed by atoms with Gasteiger partial charge in [-0.2, -0.15) is 0 Å². The highest BCUT2D eigenvalue weighted by molar-refractivity contribution is 5.79. The maximum atomic E-state index is 10.5. The van der Waals surface area contributed by atoms with Crippen LogP contribution in [0.25, 0.3) is 56.4 Å². The lowest BCUT2D eigenvalue weighted by molar-refractivity contribution is 0.477. The Morgan fingerprint density at radius 2 is 0.878 bits per heavy atom. The highest BCUT2D eigenvalue weighted by atomic mass is 16.3. The monoisotopic (exact) mass is 533 g/mol. The van der Waals surface area contributed by atoms with Gasteiger partial charge in [-0.25, -0.2) is 15.0 Å². The summed E-state index contributed by atoms with van der Waals surface area (Å²) in [6.45, 7) is 6.61. The van der Waals surface area contributed by atoms with Gasteiger partial charge < -0.3 is 5.11 Å². The molecule has 0 bridgehead atoms. The third kappa shape index (κ3) is 5.50. The molecule has 0 aliphatic carbocycles. The molecular formula is C37H31N3O. The van der Waals surface area contributed by atoms with Crippen LogP contribution in [0.3, 0.4) is 0 Å². The molecule has 0 saturated carbocycles. The van der Waals surface area contributed by atoms with Gasteiger partial charge in [-0.05, 0) is 33.7 Å². The summed E-state index contributed by atoms with van der Waals surface area (Å²) in [6.07, 6.45) is 0. The smallest absolute Gasteiger partial charge is 0.164 e. The van der Waals surface area contributed by atoms with Crippen molar-refractivity contribution in [3.05, 3.63) is 133 Å². The van der Waals surface area contributed by atoms with Gasteiger partial charge in [-0.3, -0.25) is 0 Å². The second-order valence-electron chi connectivity index (χ2n) is 11.1. The fraction of sp³-hybridized carbons (Fsp3) is 0.108. The number of phenolic OH excluding ortho intramolecular Hbond substituents is 1. The minimum absolute atomic E-state index is 0.111. The van der Waals surface area contributed by atoms with Crippen molar-refractivity contribution in [1.82, 2.24) is 15.0 Å². The minimum atomic E-state index is -0.111.